The summed E-state index contributed by atoms with van der Waals surface area (Å²) in [7, 11) is 1.91. The summed E-state index contributed by atoms with van der Waals surface area (Å²) in [4.78, 5) is 1.01. The molecule has 1 N–H and O–H groups in total. The van der Waals surface area contributed by atoms with E-state index in [4.69, 9.17) is 12.2 Å². The van der Waals surface area contributed by atoms with E-state index in [1.165, 1.54) is 12.0 Å². The summed E-state index contributed by atoms with van der Waals surface area (Å²) in [6, 6.07) is 10.6. The van der Waals surface area contributed by atoms with Crippen LogP contribution in [0.15, 0.2) is 30.3 Å². The second-order valence-corrected chi connectivity index (χ2v) is 3.91. The zero-order valence-electron chi connectivity index (χ0n) is 7.66. The quantitative estimate of drug-likeness (QED) is 0.720. The number of nitrogens with one attached hydrogen (secondary N) is 1. The molecule has 0 heterocycles. The summed E-state index contributed by atoms with van der Waals surface area (Å²) in [5, 5.41) is 3.06. The van der Waals surface area contributed by atoms with Crippen LogP contribution in [0.2, 0.25) is 0 Å². The van der Waals surface area contributed by atoms with Crippen LogP contribution in [0, 0.1) is 5.92 Å². The number of hydrogen-bond acceptors (Lipinski definition) is 1. The van der Waals surface area contributed by atoms with Crippen LogP contribution in [0.3, 0.4) is 0 Å². The zero-order valence-corrected chi connectivity index (χ0v) is 8.47. The molecular weight excluding hydrogens is 178 g/mol. The Labute approximate surface area is 84.2 Å². The summed E-state index contributed by atoms with van der Waals surface area (Å²) in [6.45, 7) is 0. The van der Waals surface area contributed by atoms with Gasteiger partial charge in [-0.25, -0.2) is 0 Å². The minimum absolute atomic E-state index is 0.586. The summed E-state index contributed by atoms with van der Waals surface area (Å²) < 4.78 is 0. The van der Waals surface area contributed by atoms with Gasteiger partial charge in [0, 0.05) is 13.0 Å². The molecule has 2 heteroatoms. The molecule has 1 saturated carbocycles. The number of thiocarbonyl (C=S) groups is 1. The Morgan fingerprint density at radius 1 is 1.38 bits per heavy atom. The number of hydrogen-bond donors (Lipinski definition) is 1. The van der Waals surface area contributed by atoms with E-state index in [9.17, 15) is 0 Å². The average Bonchev–Trinajstić information content (AvgIpc) is 2.98. The third-order valence-corrected chi connectivity index (χ3v) is 3.11. The van der Waals surface area contributed by atoms with Crippen molar-refractivity contribution in [2.75, 3.05) is 7.05 Å². The first-order chi connectivity index (χ1) is 6.33. The summed E-state index contributed by atoms with van der Waals surface area (Å²) in [5.74, 6) is 1.25. The van der Waals surface area contributed by atoms with E-state index in [2.05, 4.69) is 35.6 Å². The van der Waals surface area contributed by atoms with Crippen molar-refractivity contribution in [2.45, 2.75) is 12.3 Å². The third kappa shape index (κ3) is 1.73. The summed E-state index contributed by atoms with van der Waals surface area (Å²) in [5.41, 5.74) is 1.42. The van der Waals surface area contributed by atoms with Crippen molar-refractivity contribution in [1.82, 2.24) is 5.32 Å². The fourth-order valence-electron chi connectivity index (χ4n) is 1.74. The lowest BCUT2D eigenvalue weighted by atomic mass is 10.1. The van der Waals surface area contributed by atoms with Gasteiger partial charge in [-0.1, -0.05) is 42.5 Å². The molecule has 0 aromatic heterocycles. The molecule has 2 rings (SSSR count). The first kappa shape index (κ1) is 8.70. The van der Waals surface area contributed by atoms with Crippen molar-refractivity contribution in [2.24, 2.45) is 5.92 Å². The van der Waals surface area contributed by atoms with Crippen LogP contribution >= 0.6 is 12.2 Å². The fourth-order valence-corrected chi connectivity index (χ4v) is 2.00. The molecule has 0 aliphatic heterocycles. The summed E-state index contributed by atoms with van der Waals surface area (Å²) >= 11 is 5.21. The molecule has 1 aliphatic carbocycles. The molecule has 2 atom stereocenters. The molecule has 0 saturated heterocycles. The molecule has 13 heavy (non-hydrogen) atoms. The van der Waals surface area contributed by atoms with Crippen molar-refractivity contribution < 1.29 is 0 Å². The molecule has 68 valence electrons. The van der Waals surface area contributed by atoms with Gasteiger partial charge in [-0.15, -0.1) is 0 Å². The molecule has 1 aromatic carbocycles. The van der Waals surface area contributed by atoms with Crippen LogP contribution < -0.4 is 5.32 Å². The van der Waals surface area contributed by atoms with Gasteiger partial charge in [0.05, 0.1) is 4.99 Å². The van der Waals surface area contributed by atoms with Gasteiger partial charge in [0.15, 0.2) is 0 Å². The largest absolute Gasteiger partial charge is 0.382 e. The van der Waals surface area contributed by atoms with Gasteiger partial charge in [0.25, 0.3) is 0 Å². The molecule has 0 unspecified atom stereocenters. The number of benzene rings is 1. The monoisotopic (exact) mass is 191 g/mol. The molecule has 0 amide bonds. The van der Waals surface area contributed by atoms with E-state index in [0.717, 1.165) is 4.99 Å². The van der Waals surface area contributed by atoms with Crippen molar-refractivity contribution in [1.29, 1.82) is 0 Å². The highest BCUT2D eigenvalue weighted by Gasteiger charge is 2.40. The second-order valence-electron chi connectivity index (χ2n) is 3.47. The molecule has 1 nitrogen and oxygen atoms in total. The van der Waals surface area contributed by atoms with Crippen LogP contribution in [0.1, 0.15) is 17.9 Å². The van der Waals surface area contributed by atoms with Gasteiger partial charge in [-0.2, -0.15) is 0 Å². The van der Waals surface area contributed by atoms with E-state index >= 15 is 0 Å². The minimum Gasteiger partial charge on any atom is -0.382 e. The Balaban J connectivity index is 2.04. The van der Waals surface area contributed by atoms with Crippen LogP contribution in [-0.2, 0) is 0 Å². The van der Waals surface area contributed by atoms with Crippen molar-refractivity contribution in [3.63, 3.8) is 0 Å². The Morgan fingerprint density at radius 2 is 2.08 bits per heavy atom. The highest BCUT2D eigenvalue weighted by Crippen LogP contribution is 2.47. The highest BCUT2D eigenvalue weighted by molar-refractivity contribution is 7.80. The van der Waals surface area contributed by atoms with Crippen molar-refractivity contribution in [3.8, 4) is 0 Å². The Morgan fingerprint density at radius 3 is 2.69 bits per heavy atom. The molecular formula is C11H13NS. The second kappa shape index (κ2) is 3.46. The maximum atomic E-state index is 5.21. The minimum atomic E-state index is 0.586. The topological polar surface area (TPSA) is 12.0 Å². The van der Waals surface area contributed by atoms with E-state index in [-0.39, 0.29) is 0 Å². The van der Waals surface area contributed by atoms with Crippen LogP contribution in [-0.4, -0.2) is 12.0 Å². The maximum Gasteiger partial charge on any atom is 0.0788 e. The van der Waals surface area contributed by atoms with Crippen LogP contribution in [0.25, 0.3) is 0 Å². The first-order valence-corrected chi connectivity index (χ1v) is 5.00. The van der Waals surface area contributed by atoms with Gasteiger partial charge >= 0.3 is 0 Å². The molecule has 1 fully saturated rings. The average molecular weight is 191 g/mol. The predicted octanol–water partition coefficient (Wildman–Crippen LogP) is 2.34. The lowest BCUT2D eigenvalue weighted by Crippen LogP contribution is -2.17. The van der Waals surface area contributed by atoms with Crippen molar-refractivity contribution in [3.05, 3.63) is 35.9 Å². The Kier molecular flexibility index (Phi) is 2.32. The van der Waals surface area contributed by atoms with Gasteiger partial charge < -0.3 is 5.32 Å². The highest BCUT2D eigenvalue weighted by atomic mass is 32.1. The molecule has 1 aliphatic rings. The van der Waals surface area contributed by atoms with E-state index in [1.807, 2.05) is 7.05 Å². The standard InChI is InChI=1S/C11H13NS/c1-12-11(13)10-7-9(10)8-5-3-2-4-6-8/h2-6,9-10H,7H2,1H3,(H,12,13)/t9-,10+/m1/s1. The van der Waals surface area contributed by atoms with E-state index < -0.39 is 0 Å². The predicted molar refractivity (Wildman–Crippen MR) is 58.9 cm³/mol. The van der Waals surface area contributed by atoms with Gasteiger partial charge in [0.2, 0.25) is 0 Å². The van der Waals surface area contributed by atoms with Gasteiger partial charge in [-0.05, 0) is 17.9 Å². The fraction of sp³-hybridized carbons (Fsp3) is 0.364. The van der Waals surface area contributed by atoms with Crippen LogP contribution in [0.5, 0.6) is 0 Å². The lowest BCUT2D eigenvalue weighted by molar-refractivity contribution is 1.01. The third-order valence-electron chi connectivity index (χ3n) is 2.60. The lowest BCUT2D eigenvalue weighted by Gasteiger charge is -2.01. The van der Waals surface area contributed by atoms with E-state index in [0.29, 0.717) is 11.8 Å². The van der Waals surface area contributed by atoms with Gasteiger partial charge in [0.1, 0.15) is 0 Å². The molecule has 1 aromatic rings. The zero-order chi connectivity index (χ0) is 9.26. The maximum absolute atomic E-state index is 5.21. The Bertz CT molecular complexity index is 307. The normalized spacial score (nSPS) is 25.3. The van der Waals surface area contributed by atoms with Gasteiger partial charge in [-0.3, -0.25) is 0 Å². The van der Waals surface area contributed by atoms with Crippen LogP contribution in [0.4, 0.5) is 0 Å². The molecule has 0 spiro atoms. The smallest absolute Gasteiger partial charge is 0.0788 e. The Hall–Kier alpha value is -0.890. The first-order valence-electron chi connectivity index (χ1n) is 4.59. The van der Waals surface area contributed by atoms with Crippen molar-refractivity contribution >= 4 is 17.2 Å². The number of rotatable bonds is 2. The molecule has 0 bridgehead atoms. The molecule has 0 radical (unpaired) electrons. The summed E-state index contributed by atoms with van der Waals surface area (Å²) in [6.07, 6.45) is 1.21. The SMILES string of the molecule is CNC(=S)[C@H]1C[C@@H]1c1ccccc1. The van der Waals surface area contributed by atoms with E-state index in [1.54, 1.807) is 0 Å².